The molecule has 2 rings (SSSR count). The Morgan fingerprint density at radius 1 is 1.21 bits per heavy atom. The van der Waals surface area contributed by atoms with Gasteiger partial charge in [-0.15, -0.1) is 12.4 Å². The molecule has 1 aliphatic heterocycles. The minimum absolute atomic E-state index is 0. The van der Waals surface area contributed by atoms with Crippen molar-refractivity contribution >= 4 is 12.4 Å². The van der Waals surface area contributed by atoms with Crippen LogP contribution in [0, 0.1) is 17.5 Å². The Labute approximate surface area is 115 Å². The number of benzene rings is 1. The molecule has 3 nitrogen and oxygen atoms in total. The second-order valence-electron chi connectivity index (χ2n) is 4.28. The van der Waals surface area contributed by atoms with Crippen LogP contribution < -0.4 is 5.32 Å². The summed E-state index contributed by atoms with van der Waals surface area (Å²) in [7, 11) is 0. The summed E-state index contributed by atoms with van der Waals surface area (Å²) in [5.74, 6) is -3.15. The predicted molar refractivity (Wildman–Crippen MR) is 67.8 cm³/mol. The third kappa shape index (κ3) is 3.60. The molecule has 0 aromatic heterocycles. The van der Waals surface area contributed by atoms with E-state index < -0.39 is 23.5 Å². The van der Waals surface area contributed by atoms with Gasteiger partial charge in [0.2, 0.25) is 0 Å². The van der Waals surface area contributed by atoms with Gasteiger partial charge in [0.1, 0.15) is 5.82 Å². The summed E-state index contributed by atoms with van der Waals surface area (Å²) in [4.78, 5) is 1.81. The van der Waals surface area contributed by atoms with Crippen LogP contribution in [0.1, 0.15) is 11.6 Å². The number of halogens is 4. The Bertz CT molecular complexity index is 428. The highest BCUT2D eigenvalue weighted by atomic mass is 35.5. The molecule has 1 aliphatic rings. The van der Waals surface area contributed by atoms with Gasteiger partial charge in [0, 0.05) is 37.8 Å². The zero-order valence-electron chi connectivity index (χ0n) is 10.2. The SMILES string of the molecule is Cl.OC[C@H](c1cc(F)cc(F)c1F)N1CCNCC1. The molecule has 0 saturated carbocycles. The lowest BCUT2D eigenvalue weighted by molar-refractivity contribution is 0.107. The van der Waals surface area contributed by atoms with Gasteiger partial charge < -0.3 is 10.4 Å². The second-order valence-corrected chi connectivity index (χ2v) is 4.28. The quantitative estimate of drug-likeness (QED) is 0.829. The van der Waals surface area contributed by atoms with Crippen molar-refractivity contribution in [2.45, 2.75) is 6.04 Å². The molecule has 19 heavy (non-hydrogen) atoms. The first-order chi connectivity index (χ1) is 8.63. The molecule has 0 radical (unpaired) electrons. The summed E-state index contributed by atoms with van der Waals surface area (Å²) in [5.41, 5.74) is -0.128. The molecule has 1 fully saturated rings. The number of nitrogens with one attached hydrogen (secondary N) is 1. The van der Waals surface area contributed by atoms with Crippen molar-refractivity contribution in [3.63, 3.8) is 0 Å². The van der Waals surface area contributed by atoms with Crippen molar-refractivity contribution in [2.24, 2.45) is 0 Å². The highest BCUT2D eigenvalue weighted by Gasteiger charge is 2.26. The van der Waals surface area contributed by atoms with E-state index in [0.29, 0.717) is 32.2 Å². The lowest BCUT2D eigenvalue weighted by Crippen LogP contribution is -2.46. The number of hydrogen-bond donors (Lipinski definition) is 2. The summed E-state index contributed by atoms with van der Waals surface area (Å²) >= 11 is 0. The zero-order valence-corrected chi connectivity index (χ0v) is 11.0. The van der Waals surface area contributed by atoms with Crippen molar-refractivity contribution < 1.29 is 18.3 Å². The van der Waals surface area contributed by atoms with Crippen LogP contribution in [0.3, 0.4) is 0 Å². The van der Waals surface area contributed by atoms with E-state index in [1.165, 1.54) is 0 Å². The summed E-state index contributed by atoms with van der Waals surface area (Å²) in [6, 6.07) is 0.740. The van der Waals surface area contributed by atoms with Crippen LogP contribution in [0.15, 0.2) is 12.1 Å². The van der Waals surface area contributed by atoms with Gasteiger partial charge in [0.05, 0.1) is 12.6 Å². The monoisotopic (exact) mass is 296 g/mol. The Morgan fingerprint density at radius 2 is 1.84 bits per heavy atom. The van der Waals surface area contributed by atoms with E-state index in [9.17, 15) is 18.3 Å². The number of aliphatic hydroxyl groups excluding tert-OH is 1. The van der Waals surface area contributed by atoms with Crippen LogP contribution in [0.2, 0.25) is 0 Å². The highest BCUT2D eigenvalue weighted by molar-refractivity contribution is 5.85. The lowest BCUT2D eigenvalue weighted by Gasteiger charge is -2.34. The van der Waals surface area contributed by atoms with Crippen molar-refractivity contribution in [1.29, 1.82) is 0 Å². The molecule has 0 unspecified atom stereocenters. The van der Waals surface area contributed by atoms with Crippen LogP contribution in [0.25, 0.3) is 0 Å². The number of piperazine rings is 1. The van der Waals surface area contributed by atoms with Gasteiger partial charge in [-0.2, -0.15) is 0 Å². The smallest absolute Gasteiger partial charge is 0.163 e. The third-order valence-corrected chi connectivity index (χ3v) is 3.15. The molecule has 1 aromatic rings. The number of nitrogens with zero attached hydrogens (tertiary/aromatic N) is 1. The maximum Gasteiger partial charge on any atom is 0.163 e. The molecule has 1 saturated heterocycles. The van der Waals surface area contributed by atoms with E-state index in [1.807, 2.05) is 4.90 Å². The average Bonchev–Trinajstić information content (AvgIpc) is 2.37. The van der Waals surface area contributed by atoms with Crippen molar-refractivity contribution in [1.82, 2.24) is 10.2 Å². The maximum absolute atomic E-state index is 13.7. The molecule has 2 N–H and O–H groups in total. The average molecular weight is 297 g/mol. The van der Waals surface area contributed by atoms with Gasteiger partial charge in [-0.1, -0.05) is 0 Å². The lowest BCUT2D eigenvalue weighted by atomic mass is 10.0. The van der Waals surface area contributed by atoms with Gasteiger partial charge >= 0.3 is 0 Å². The van der Waals surface area contributed by atoms with Gasteiger partial charge in [-0.3, -0.25) is 4.90 Å². The van der Waals surface area contributed by atoms with Gasteiger partial charge in [0.25, 0.3) is 0 Å². The Balaban J connectivity index is 0.00000180. The molecule has 1 atom stereocenters. The molecule has 1 aromatic carbocycles. The first kappa shape index (κ1) is 16.2. The summed E-state index contributed by atoms with van der Waals surface area (Å²) < 4.78 is 40.0. The maximum atomic E-state index is 13.7. The van der Waals surface area contributed by atoms with Gasteiger partial charge in [0.15, 0.2) is 11.6 Å². The van der Waals surface area contributed by atoms with Crippen molar-refractivity contribution in [3.8, 4) is 0 Å². The molecular weight excluding hydrogens is 281 g/mol. The molecule has 0 amide bonds. The Hall–Kier alpha value is -0.820. The summed E-state index contributed by atoms with van der Waals surface area (Å²) in [5, 5.41) is 12.5. The Kier molecular flexibility index (Phi) is 6.06. The first-order valence-corrected chi connectivity index (χ1v) is 5.83. The Morgan fingerprint density at radius 3 is 2.42 bits per heavy atom. The van der Waals surface area contributed by atoms with E-state index >= 15 is 0 Å². The van der Waals surface area contributed by atoms with Gasteiger partial charge in [-0.25, -0.2) is 13.2 Å². The van der Waals surface area contributed by atoms with Gasteiger partial charge in [-0.05, 0) is 6.07 Å². The molecule has 108 valence electrons. The molecule has 1 heterocycles. The zero-order chi connectivity index (χ0) is 13.1. The minimum Gasteiger partial charge on any atom is -0.394 e. The fourth-order valence-corrected chi connectivity index (χ4v) is 2.22. The fraction of sp³-hybridized carbons (Fsp3) is 0.500. The molecule has 0 bridgehead atoms. The highest BCUT2D eigenvalue weighted by Crippen LogP contribution is 2.25. The van der Waals surface area contributed by atoms with E-state index in [-0.39, 0.29) is 24.6 Å². The normalized spacial score (nSPS) is 17.9. The van der Waals surface area contributed by atoms with Crippen LogP contribution in [0.4, 0.5) is 13.2 Å². The second kappa shape index (κ2) is 7.09. The van der Waals surface area contributed by atoms with Crippen molar-refractivity contribution in [2.75, 3.05) is 32.8 Å². The third-order valence-electron chi connectivity index (χ3n) is 3.15. The van der Waals surface area contributed by atoms with Crippen molar-refractivity contribution in [3.05, 3.63) is 35.1 Å². The predicted octanol–water partition coefficient (Wildman–Crippen LogP) is 1.46. The summed E-state index contributed by atoms with van der Waals surface area (Å²) in [6.45, 7) is 2.23. The molecule has 0 aliphatic carbocycles. The van der Waals surface area contributed by atoms with Crippen LogP contribution in [0.5, 0.6) is 0 Å². The largest absolute Gasteiger partial charge is 0.394 e. The first-order valence-electron chi connectivity index (χ1n) is 5.83. The van der Waals surface area contributed by atoms with E-state index in [1.54, 1.807) is 0 Å². The minimum atomic E-state index is -1.22. The van der Waals surface area contributed by atoms with E-state index in [4.69, 9.17) is 0 Å². The number of aliphatic hydroxyl groups is 1. The van der Waals surface area contributed by atoms with Crippen LogP contribution >= 0.6 is 12.4 Å². The van der Waals surface area contributed by atoms with Crippen LogP contribution in [-0.2, 0) is 0 Å². The van der Waals surface area contributed by atoms with E-state index in [0.717, 1.165) is 6.07 Å². The fourth-order valence-electron chi connectivity index (χ4n) is 2.22. The van der Waals surface area contributed by atoms with Crippen LogP contribution in [-0.4, -0.2) is 42.8 Å². The summed E-state index contributed by atoms with van der Waals surface area (Å²) in [6.07, 6.45) is 0. The topological polar surface area (TPSA) is 35.5 Å². The number of hydrogen-bond acceptors (Lipinski definition) is 3. The standard InChI is InChI=1S/C12H15F3N2O.ClH/c13-8-5-9(12(15)10(14)6-8)11(7-18)17-3-1-16-2-4-17;/h5-6,11,16,18H,1-4,7H2;1H/t11-;/m1./s1. The number of rotatable bonds is 3. The molecule has 0 spiro atoms. The van der Waals surface area contributed by atoms with E-state index in [2.05, 4.69) is 5.32 Å². The molecule has 7 heteroatoms. The molecular formula is C12H16ClF3N2O.